The van der Waals surface area contributed by atoms with Crippen LogP contribution in [0.15, 0.2) is 84.9 Å². The molecular weight excluding hydrogens is 381 g/mol. The van der Waals surface area contributed by atoms with Crippen LogP contribution in [0.1, 0.15) is 22.7 Å². The van der Waals surface area contributed by atoms with Crippen LogP contribution in [0.5, 0.6) is 0 Å². The highest BCUT2D eigenvalue weighted by molar-refractivity contribution is 7.41. The van der Waals surface area contributed by atoms with Gasteiger partial charge in [-0.3, -0.25) is 4.57 Å². The van der Waals surface area contributed by atoms with Gasteiger partial charge in [0, 0.05) is 30.0 Å². The minimum atomic E-state index is -1.72. The molecule has 2 aromatic carbocycles. The standard InChI is InChI=1S/C24H24NO3P/c1-19-10-9-15-23(25(19)17-16-24(26)28-2)29(27)18-22(20-11-5-3-6-12-20)21-13-7-4-8-14-21/h3-17,22H,18H2,1-2H3/b17-16+. The lowest BCUT2D eigenvalue weighted by atomic mass is 9.93. The van der Waals surface area contributed by atoms with E-state index < -0.39 is 13.7 Å². The second-order valence-electron chi connectivity index (χ2n) is 6.67. The number of aromatic nitrogens is 1. The minimum Gasteiger partial charge on any atom is -0.629 e. The van der Waals surface area contributed by atoms with E-state index in [1.54, 1.807) is 10.8 Å². The fourth-order valence-corrected chi connectivity index (χ4v) is 4.91. The Morgan fingerprint density at radius 2 is 1.59 bits per heavy atom. The summed E-state index contributed by atoms with van der Waals surface area (Å²) < 4.78 is 6.47. The minimum absolute atomic E-state index is 0.0135. The molecule has 3 aromatic rings. The van der Waals surface area contributed by atoms with Gasteiger partial charge in [-0.25, -0.2) is 4.79 Å². The SMILES string of the molecule is COC(=O)/C=C/n1c(C)cccc1=[P+]([O-])CC(c1ccccc1)c1ccccc1. The summed E-state index contributed by atoms with van der Waals surface area (Å²) in [6.07, 6.45) is 3.42. The normalized spacial score (nSPS) is 12.3. The smallest absolute Gasteiger partial charge is 0.331 e. The Morgan fingerprint density at radius 1 is 1.00 bits per heavy atom. The quantitative estimate of drug-likeness (QED) is 0.343. The number of carbonyl (C=O) groups is 1. The molecule has 1 atom stereocenters. The highest BCUT2D eigenvalue weighted by Crippen LogP contribution is 2.33. The Kier molecular flexibility index (Phi) is 7.18. The van der Waals surface area contributed by atoms with Crippen LogP contribution in [-0.2, 0) is 9.53 Å². The Labute approximate surface area is 172 Å². The van der Waals surface area contributed by atoms with E-state index >= 15 is 0 Å². The molecule has 0 spiro atoms. The van der Waals surface area contributed by atoms with E-state index in [2.05, 4.69) is 29.0 Å². The van der Waals surface area contributed by atoms with Crippen molar-refractivity contribution in [1.29, 1.82) is 0 Å². The average molecular weight is 405 g/mol. The number of carbonyl (C=O) groups excluding carboxylic acids is 1. The number of nitrogens with zero attached hydrogens (tertiary/aromatic N) is 1. The molecule has 1 aromatic heterocycles. The van der Waals surface area contributed by atoms with Crippen LogP contribution < -0.4 is 4.89 Å². The first kappa shape index (κ1) is 20.8. The number of hydrogen-bond donors (Lipinski definition) is 0. The maximum Gasteiger partial charge on any atom is 0.331 e. The molecule has 0 saturated carbocycles. The van der Waals surface area contributed by atoms with Gasteiger partial charge in [-0.1, -0.05) is 66.7 Å². The van der Waals surface area contributed by atoms with Gasteiger partial charge in [0.05, 0.1) is 14.9 Å². The average Bonchev–Trinajstić information content (AvgIpc) is 2.77. The summed E-state index contributed by atoms with van der Waals surface area (Å²) in [6.45, 7) is 1.92. The van der Waals surface area contributed by atoms with Crippen molar-refractivity contribution in [1.82, 2.24) is 4.57 Å². The highest BCUT2D eigenvalue weighted by Gasteiger charge is 2.19. The van der Waals surface area contributed by atoms with Gasteiger partial charge in [0.2, 0.25) is 5.07 Å². The third-order valence-corrected chi connectivity index (χ3v) is 6.35. The first-order valence-electron chi connectivity index (χ1n) is 9.42. The number of hydrogen-bond acceptors (Lipinski definition) is 3. The summed E-state index contributed by atoms with van der Waals surface area (Å²) in [5, 5.41) is 0.678. The van der Waals surface area contributed by atoms with Crippen molar-refractivity contribution in [2.75, 3.05) is 13.3 Å². The molecular formula is C24H24NO3P. The maximum atomic E-state index is 13.5. The molecule has 0 aliphatic heterocycles. The number of ether oxygens (including phenoxy) is 1. The molecule has 0 aliphatic rings. The fourth-order valence-electron chi connectivity index (χ4n) is 3.25. The van der Waals surface area contributed by atoms with E-state index in [-0.39, 0.29) is 5.92 Å². The van der Waals surface area contributed by atoms with E-state index in [0.717, 1.165) is 16.8 Å². The zero-order valence-corrected chi connectivity index (χ0v) is 17.5. The predicted octanol–water partition coefficient (Wildman–Crippen LogP) is 4.56. The molecule has 29 heavy (non-hydrogen) atoms. The van der Waals surface area contributed by atoms with Crippen molar-refractivity contribution in [2.24, 2.45) is 0 Å². The summed E-state index contributed by atoms with van der Waals surface area (Å²) in [6, 6.07) is 25.9. The molecule has 0 aliphatic carbocycles. The molecule has 4 nitrogen and oxygen atoms in total. The van der Waals surface area contributed by atoms with Crippen molar-refractivity contribution < 1.29 is 14.4 Å². The third kappa shape index (κ3) is 5.32. The number of benzene rings is 2. The van der Waals surface area contributed by atoms with Crippen molar-refractivity contribution in [2.45, 2.75) is 12.8 Å². The summed E-state index contributed by atoms with van der Waals surface area (Å²) in [5.41, 5.74) is 3.15. The monoisotopic (exact) mass is 405 g/mol. The lowest BCUT2D eigenvalue weighted by Crippen LogP contribution is -2.09. The molecule has 0 saturated heterocycles. The van der Waals surface area contributed by atoms with Gasteiger partial charge in [-0.15, -0.1) is 0 Å². The van der Waals surface area contributed by atoms with Gasteiger partial charge in [-0.2, -0.15) is 0 Å². The number of rotatable bonds is 6. The summed E-state index contributed by atoms with van der Waals surface area (Å²) in [5.74, 6) is -0.437. The summed E-state index contributed by atoms with van der Waals surface area (Å²) in [4.78, 5) is 25.0. The zero-order valence-electron chi connectivity index (χ0n) is 16.6. The molecule has 0 amide bonds. The Morgan fingerprint density at radius 3 is 2.14 bits per heavy atom. The van der Waals surface area contributed by atoms with E-state index in [1.807, 2.05) is 61.5 Å². The molecule has 0 radical (unpaired) electrons. The number of methoxy groups -OCH3 is 1. The Bertz CT molecular complexity index is 1020. The lowest BCUT2D eigenvalue weighted by Gasteiger charge is -2.17. The lowest BCUT2D eigenvalue weighted by molar-refractivity contribution is -0.154. The van der Waals surface area contributed by atoms with Gasteiger partial charge in [0.1, 0.15) is 6.16 Å². The largest absolute Gasteiger partial charge is 0.629 e. The van der Waals surface area contributed by atoms with Crippen molar-refractivity contribution >= 4 is 19.9 Å². The second kappa shape index (κ2) is 10.0. The first-order chi connectivity index (χ1) is 14.1. The zero-order chi connectivity index (χ0) is 20.6. The summed E-state index contributed by atoms with van der Waals surface area (Å²) in [7, 11) is -0.391. The van der Waals surface area contributed by atoms with Gasteiger partial charge in [-0.05, 0) is 24.1 Å². The molecule has 5 heteroatoms. The van der Waals surface area contributed by atoms with Gasteiger partial charge < -0.3 is 9.63 Å². The van der Waals surface area contributed by atoms with Crippen LogP contribution in [0, 0.1) is 12.0 Å². The van der Waals surface area contributed by atoms with Crippen LogP contribution in [-0.4, -0.2) is 23.8 Å². The van der Waals surface area contributed by atoms with Crippen molar-refractivity contribution in [3.05, 3.63) is 107 Å². The van der Waals surface area contributed by atoms with Gasteiger partial charge >= 0.3 is 5.97 Å². The van der Waals surface area contributed by atoms with Crippen LogP contribution in [0.2, 0.25) is 0 Å². The maximum absolute atomic E-state index is 13.5. The number of pyridine rings is 1. The molecule has 0 bridgehead atoms. The first-order valence-corrected chi connectivity index (χ1v) is 10.9. The topological polar surface area (TPSA) is 54.3 Å². The predicted molar refractivity (Wildman–Crippen MR) is 116 cm³/mol. The molecule has 1 unspecified atom stereocenters. The Balaban J connectivity index is 2.07. The molecule has 1 heterocycles. The highest BCUT2D eigenvalue weighted by atomic mass is 31.1. The van der Waals surface area contributed by atoms with E-state index in [9.17, 15) is 9.69 Å². The third-order valence-electron chi connectivity index (χ3n) is 4.78. The van der Waals surface area contributed by atoms with Crippen molar-refractivity contribution in [3.63, 3.8) is 0 Å². The fraction of sp³-hybridized carbons (Fsp3) is 0.167. The van der Waals surface area contributed by atoms with Gasteiger partial charge in [0.15, 0.2) is 0 Å². The van der Waals surface area contributed by atoms with E-state index in [4.69, 9.17) is 0 Å². The summed E-state index contributed by atoms with van der Waals surface area (Å²) >= 11 is 0. The number of esters is 1. The van der Waals surface area contributed by atoms with Crippen LogP contribution in [0.3, 0.4) is 0 Å². The van der Waals surface area contributed by atoms with Crippen LogP contribution in [0.4, 0.5) is 0 Å². The number of aryl methyl sites for hydroxylation is 1. The molecule has 0 fully saturated rings. The van der Waals surface area contributed by atoms with E-state index in [1.165, 1.54) is 13.2 Å². The van der Waals surface area contributed by atoms with Crippen LogP contribution in [0.25, 0.3) is 6.20 Å². The van der Waals surface area contributed by atoms with E-state index in [0.29, 0.717) is 11.2 Å². The Hall–Kier alpha value is -2.94. The molecule has 148 valence electrons. The van der Waals surface area contributed by atoms with Crippen LogP contribution >= 0.6 is 7.77 Å². The van der Waals surface area contributed by atoms with Gasteiger partial charge in [0.25, 0.3) is 0 Å². The second-order valence-corrected chi connectivity index (χ2v) is 8.25. The molecule has 3 rings (SSSR count). The van der Waals surface area contributed by atoms with Crippen molar-refractivity contribution in [3.8, 4) is 0 Å². The molecule has 0 N–H and O–H groups in total.